The number of carbonyl (C=O) groups excluding carboxylic acids is 1. The minimum absolute atomic E-state index is 0.190. The minimum atomic E-state index is -0.377. The SMILES string of the molecule is COC(=O)c1ccccc1-n1c(C)cc([C@@H]2[C@H](c3ccccn3)NC(=S)N2c2cccc(OC)c2)c1C. The van der Waals surface area contributed by atoms with E-state index in [1.807, 2.05) is 67.6 Å². The van der Waals surface area contributed by atoms with Crippen molar-refractivity contribution in [2.24, 2.45) is 0 Å². The quantitative estimate of drug-likeness (QED) is 0.272. The summed E-state index contributed by atoms with van der Waals surface area (Å²) in [5.41, 5.74) is 6.14. The van der Waals surface area contributed by atoms with Gasteiger partial charge in [0.1, 0.15) is 5.75 Å². The molecular formula is C29H28N4O3S. The maximum absolute atomic E-state index is 12.6. The Morgan fingerprint density at radius 1 is 1.00 bits per heavy atom. The first-order chi connectivity index (χ1) is 17.9. The van der Waals surface area contributed by atoms with Crippen LogP contribution in [0.25, 0.3) is 5.69 Å². The zero-order valence-electron chi connectivity index (χ0n) is 21.1. The number of benzene rings is 2. The average Bonchev–Trinajstić information content (AvgIpc) is 3.43. The van der Waals surface area contributed by atoms with Gasteiger partial charge in [-0.3, -0.25) is 4.98 Å². The van der Waals surface area contributed by atoms with E-state index >= 15 is 0 Å². The fourth-order valence-electron chi connectivity index (χ4n) is 5.12. The first kappa shape index (κ1) is 24.5. The van der Waals surface area contributed by atoms with Gasteiger partial charge in [0.15, 0.2) is 5.11 Å². The summed E-state index contributed by atoms with van der Waals surface area (Å²) >= 11 is 5.88. The molecule has 1 aliphatic heterocycles. The van der Waals surface area contributed by atoms with Crippen LogP contribution < -0.4 is 15.0 Å². The Morgan fingerprint density at radius 2 is 1.78 bits per heavy atom. The van der Waals surface area contributed by atoms with Crippen molar-refractivity contribution in [2.45, 2.75) is 25.9 Å². The Hall–Kier alpha value is -4.17. The molecule has 1 N–H and O–H groups in total. The number of rotatable bonds is 6. The lowest BCUT2D eigenvalue weighted by atomic mass is 9.96. The fourth-order valence-corrected chi connectivity index (χ4v) is 5.46. The number of nitrogens with one attached hydrogen (secondary N) is 1. The summed E-state index contributed by atoms with van der Waals surface area (Å²) in [5, 5.41) is 4.12. The number of aromatic nitrogens is 2. The Bertz CT molecular complexity index is 1470. The highest BCUT2D eigenvalue weighted by Gasteiger charge is 2.42. The second kappa shape index (κ2) is 10.1. The summed E-state index contributed by atoms with van der Waals surface area (Å²) in [5.74, 6) is 0.371. The third kappa shape index (κ3) is 4.34. The third-order valence-corrected chi connectivity index (χ3v) is 7.08. The molecule has 2 aromatic heterocycles. The Morgan fingerprint density at radius 3 is 2.51 bits per heavy atom. The number of anilines is 1. The van der Waals surface area contributed by atoms with Crippen LogP contribution in [0.3, 0.4) is 0 Å². The van der Waals surface area contributed by atoms with Crippen molar-refractivity contribution >= 4 is 29.0 Å². The predicted octanol–water partition coefficient (Wildman–Crippen LogP) is 5.46. The number of thiocarbonyl (C=S) groups is 1. The maximum Gasteiger partial charge on any atom is 0.339 e. The zero-order valence-corrected chi connectivity index (χ0v) is 22.0. The van der Waals surface area contributed by atoms with Gasteiger partial charge >= 0.3 is 5.97 Å². The summed E-state index contributed by atoms with van der Waals surface area (Å²) in [4.78, 5) is 19.4. The van der Waals surface area contributed by atoms with Crippen LogP contribution in [0.1, 0.15) is 45.1 Å². The molecule has 37 heavy (non-hydrogen) atoms. The molecule has 188 valence electrons. The molecule has 0 unspecified atom stereocenters. The van der Waals surface area contributed by atoms with Gasteiger partial charge in [0.2, 0.25) is 0 Å². The predicted molar refractivity (Wildman–Crippen MR) is 148 cm³/mol. The topological polar surface area (TPSA) is 68.6 Å². The van der Waals surface area contributed by atoms with Crippen LogP contribution in [0.15, 0.2) is 79.0 Å². The van der Waals surface area contributed by atoms with Gasteiger partial charge in [-0.2, -0.15) is 0 Å². The van der Waals surface area contributed by atoms with Crippen molar-refractivity contribution in [3.05, 3.63) is 107 Å². The number of methoxy groups -OCH3 is 2. The van der Waals surface area contributed by atoms with Gasteiger partial charge in [-0.15, -0.1) is 0 Å². The molecule has 0 amide bonds. The van der Waals surface area contributed by atoms with E-state index in [-0.39, 0.29) is 18.1 Å². The van der Waals surface area contributed by atoms with Crippen LogP contribution in [0.2, 0.25) is 0 Å². The highest BCUT2D eigenvalue weighted by molar-refractivity contribution is 7.80. The largest absolute Gasteiger partial charge is 0.497 e. The van der Waals surface area contributed by atoms with E-state index in [1.54, 1.807) is 19.4 Å². The van der Waals surface area contributed by atoms with E-state index in [4.69, 9.17) is 21.7 Å². The first-order valence-electron chi connectivity index (χ1n) is 12.0. The molecule has 0 spiro atoms. The number of esters is 1. The van der Waals surface area contributed by atoms with E-state index < -0.39 is 0 Å². The van der Waals surface area contributed by atoms with Gasteiger partial charge in [-0.1, -0.05) is 24.3 Å². The zero-order chi connectivity index (χ0) is 26.1. The third-order valence-electron chi connectivity index (χ3n) is 6.77. The molecule has 1 aliphatic rings. The fraction of sp³-hybridized carbons (Fsp3) is 0.207. The van der Waals surface area contributed by atoms with Crippen LogP contribution in [-0.2, 0) is 4.74 Å². The van der Waals surface area contributed by atoms with Gasteiger partial charge in [0.05, 0.1) is 43.2 Å². The summed E-state index contributed by atoms with van der Waals surface area (Å²) in [6, 6.07) is 23.0. The highest BCUT2D eigenvalue weighted by atomic mass is 32.1. The molecule has 0 radical (unpaired) electrons. The number of para-hydroxylation sites is 1. The number of carbonyl (C=O) groups is 1. The van der Waals surface area contributed by atoms with Crippen molar-refractivity contribution in [1.82, 2.24) is 14.9 Å². The van der Waals surface area contributed by atoms with Crippen LogP contribution in [0, 0.1) is 13.8 Å². The van der Waals surface area contributed by atoms with E-state index in [9.17, 15) is 4.79 Å². The van der Waals surface area contributed by atoms with Crippen LogP contribution in [-0.4, -0.2) is 34.9 Å². The van der Waals surface area contributed by atoms with Crippen LogP contribution in [0.4, 0.5) is 5.69 Å². The van der Waals surface area contributed by atoms with Crippen LogP contribution in [0.5, 0.6) is 5.75 Å². The molecule has 0 bridgehead atoms. The van der Waals surface area contributed by atoms with Gasteiger partial charge in [-0.05, 0) is 74.1 Å². The second-order valence-electron chi connectivity index (χ2n) is 8.87. The smallest absolute Gasteiger partial charge is 0.339 e. The number of pyridine rings is 1. The van der Waals surface area contributed by atoms with Crippen molar-refractivity contribution in [3.63, 3.8) is 0 Å². The molecule has 0 saturated carbocycles. The summed E-state index contributed by atoms with van der Waals surface area (Å²) < 4.78 is 12.7. The van der Waals surface area contributed by atoms with Crippen LogP contribution >= 0.6 is 12.2 Å². The molecule has 1 fully saturated rings. The minimum Gasteiger partial charge on any atom is -0.497 e. The van der Waals surface area contributed by atoms with E-state index in [1.165, 1.54) is 7.11 Å². The Labute approximate surface area is 221 Å². The maximum atomic E-state index is 12.6. The lowest BCUT2D eigenvalue weighted by Gasteiger charge is -2.28. The summed E-state index contributed by atoms with van der Waals surface area (Å²) in [7, 11) is 3.05. The normalized spacial score (nSPS) is 17.0. The second-order valence-corrected chi connectivity index (χ2v) is 9.26. The monoisotopic (exact) mass is 512 g/mol. The van der Waals surface area contributed by atoms with Gasteiger partial charge in [0, 0.05) is 29.3 Å². The molecular weight excluding hydrogens is 484 g/mol. The number of nitrogens with zero attached hydrogens (tertiary/aromatic N) is 3. The highest BCUT2D eigenvalue weighted by Crippen LogP contribution is 2.44. The van der Waals surface area contributed by atoms with E-state index in [0.29, 0.717) is 10.7 Å². The Balaban J connectivity index is 1.70. The van der Waals surface area contributed by atoms with Gasteiger partial charge in [-0.25, -0.2) is 4.79 Å². The molecule has 2 aromatic carbocycles. The first-order valence-corrected chi connectivity index (χ1v) is 12.4. The van der Waals surface area contributed by atoms with Crippen molar-refractivity contribution in [3.8, 4) is 11.4 Å². The summed E-state index contributed by atoms with van der Waals surface area (Å²) in [6.07, 6.45) is 1.79. The average molecular weight is 513 g/mol. The van der Waals surface area contributed by atoms with Gasteiger partial charge < -0.3 is 24.3 Å². The molecule has 0 aliphatic carbocycles. The number of hydrogen-bond donors (Lipinski definition) is 1. The molecule has 5 rings (SSSR count). The van der Waals surface area contributed by atoms with Crippen molar-refractivity contribution < 1.29 is 14.3 Å². The number of ether oxygens (including phenoxy) is 2. The summed E-state index contributed by atoms with van der Waals surface area (Å²) in [6.45, 7) is 4.11. The lowest BCUT2D eigenvalue weighted by Crippen LogP contribution is -2.29. The molecule has 1 saturated heterocycles. The number of hydrogen-bond acceptors (Lipinski definition) is 5. The molecule has 3 heterocycles. The number of aryl methyl sites for hydroxylation is 1. The molecule has 8 heteroatoms. The standard InChI is InChI=1S/C29H28N4O3S/c1-18-16-23(19(2)32(18)25-14-6-5-12-22(25)28(34)36-4)27-26(24-13-7-8-15-30-24)31-29(37)33(27)20-10-9-11-21(17-20)35-3/h5-17,26-27H,1-4H3,(H,31,37)/t26-,27+/m0/s1. The lowest BCUT2D eigenvalue weighted by molar-refractivity contribution is 0.0600. The van der Waals surface area contributed by atoms with E-state index in [2.05, 4.69) is 32.8 Å². The van der Waals surface area contributed by atoms with Crippen molar-refractivity contribution in [1.29, 1.82) is 0 Å². The van der Waals surface area contributed by atoms with Crippen molar-refractivity contribution in [2.75, 3.05) is 19.1 Å². The molecule has 4 aromatic rings. The molecule has 7 nitrogen and oxygen atoms in total. The van der Waals surface area contributed by atoms with Gasteiger partial charge in [0.25, 0.3) is 0 Å². The molecule has 2 atom stereocenters. The van der Waals surface area contributed by atoms with E-state index in [0.717, 1.165) is 39.8 Å². The Kier molecular flexibility index (Phi) is 6.67.